The highest BCUT2D eigenvalue weighted by atomic mass is 32.1. The average Bonchev–Trinajstić information content (AvgIpc) is 3.54. The number of rotatable bonds is 7. The Morgan fingerprint density at radius 1 is 1.14 bits per heavy atom. The quantitative estimate of drug-likeness (QED) is 0.293. The maximum absolute atomic E-state index is 13.7. The fourth-order valence-corrected chi connectivity index (χ4v) is 9.00. The molecule has 228 valence electrons. The van der Waals surface area contributed by atoms with Gasteiger partial charge in [0, 0.05) is 48.8 Å². The molecule has 3 aliphatic carbocycles. The van der Waals surface area contributed by atoms with E-state index < -0.39 is 17.3 Å². The van der Waals surface area contributed by atoms with E-state index in [1.165, 1.54) is 16.7 Å². The van der Waals surface area contributed by atoms with E-state index in [4.69, 9.17) is 9.72 Å². The number of thiazole rings is 1. The van der Waals surface area contributed by atoms with Crippen LogP contribution in [-0.2, 0) is 24.4 Å². The maximum atomic E-state index is 13.7. The molecule has 3 fully saturated rings. The summed E-state index contributed by atoms with van der Waals surface area (Å²) < 4.78 is 33.9. The van der Waals surface area contributed by atoms with E-state index in [2.05, 4.69) is 48.4 Å². The van der Waals surface area contributed by atoms with Crippen LogP contribution in [0.25, 0.3) is 11.3 Å². The predicted octanol–water partition coefficient (Wildman–Crippen LogP) is 8.30. The maximum Gasteiger partial charge on any atom is 0.309 e. The van der Waals surface area contributed by atoms with Crippen LogP contribution in [0.5, 0.6) is 5.75 Å². The molecule has 0 bridgehead atoms. The number of halogens is 2. The van der Waals surface area contributed by atoms with Crippen LogP contribution >= 0.6 is 11.3 Å². The largest absolute Gasteiger partial charge is 0.488 e. The van der Waals surface area contributed by atoms with Gasteiger partial charge in [-0.15, -0.1) is 11.3 Å². The van der Waals surface area contributed by atoms with Crippen molar-refractivity contribution in [3.63, 3.8) is 0 Å². The minimum Gasteiger partial charge on any atom is -0.488 e. The Balaban J connectivity index is 1.03. The molecule has 7 rings (SSSR count). The Hall–Kier alpha value is -2.84. The van der Waals surface area contributed by atoms with Crippen molar-refractivity contribution in [1.29, 1.82) is 0 Å². The third-order valence-corrected chi connectivity index (χ3v) is 11.8. The molecule has 0 spiro atoms. The van der Waals surface area contributed by atoms with Gasteiger partial charge in [-0.05, 0) is 98.6 Å². The molecule has 0 radical (unpaired) electrons. The fourth-order valence-electron chi connectivity index (χ4n) is 8.03. The van der Waals surface area contributed by atoms with Crippen LogP contribution in [0.4, 0.5) is 8.78 Å². The zero-order chi connectivity index (χ0) is 29.9. The van der Waals surface area contributed by atoms with Crippen molar-refractivity contribution in [2.75, 3.05) is 6.54 Å². The lowest BCUT2D eigenvalue weighted by Crippen LogP contribution is -2.43. The first-order valence-electron chi connectivity index (χ1n) is 15.8. The number of para-hydroxylation sites is 1. The SMILES string of the molecule is Cc1cc(COc2c(C)cccc2-c2csc(C3CC[C@@]4(C(=O)O)C[C@H]4C3)n2)cc2c1CN(C1CCC(F)(F)CC1)CC2. The first kappa shape index (κ1) is 28.9. The van der Waals surface area contributed by atoms with Gasteiger partial charge in [-0.25, -0.2) is 13.8 Å². The van der Waals surface area contributed by atoms with Gasteiger partial charge in [-0.1, -0.05) is 24.3 Å². The third-order valence-electron chi connectivity index (χ3n) is 10.8. The summed E-state index contributed by atoms with van der Waals surface area (Å²) >= 11 is 1.68. The number of carboxylic acids is 1. The molecule has 1 unspecified atom stereocenters. The molecule has 4 aliphatic rings. The lowest BCUT2D eigenvalue weighted by Gasteiger charge is -2.40. The molecular formula is C35H40F2N2O3S. The topological polar surface area (TPSA) is 62.7 Å². The normalized spacial score (nSPS) is 26.9. The molecule has 1 N–H and O–H groups in total. The number of hydrogen-bond acceptors (Lipinski definition) is 5. The van der Waals surface area contributed by atoms with Crippen molar-refractivity contribution in [2.24, 2.45) is 11.3 Å². The second-order valence-corrected chi connectivity index (χ2v) is 14.4. The van der Waals surface area contributed by atoms with Gasteiger partial charge < -0.3 is 9.84 Å². The summed E-state index contributed by atoms with van der Waals surface area (Å²) in [6, 6.07) is 10.9. The summed E-state index contributed by atoms with van der Waals surface area (Å²) in [4.78, 5) is 19.2. The van der Waals surface area contributed by atoms with Gasteiger partial charge in [0.2, 0.25) is 5.92 Å². The Kier molecular flexibility index (Phi) is 7.36. The average molecular weight is 607 g/mol. The molecule has 0 saturated heterocycles. The summed E-state index contributed by atoms with van der Waals surface area (Å²) in [5, 5.41) is 12.9. The van der Waals surface area contributed by atoms with Gasteiger partial charge in [0.25, 0.3) is 0 Å². The standard InChI is InChI=1S/C35H40F2N2O3S/c1-21-4-3-5-28(30-20-43-32(38-30)25-6-10-34(33(40)41)17-26(34)16-25)31(21)42-19-23-14-22(2)29-18-39(13-9-24(29)15-23)27-7-11-35(36,37)12-8-27/h3-5,14-15,20,25-27H,6-13,16-19H2,1-2H3,(H,40,41)/t25?,26-,34-/m1/s1. The van der Waals surface area contributed by atoms with Crippen LogP contribution in [-0.4, -0.2) is 39.5 Å². The smallest absolute Gasteiger partial charge is 0.309 e. The van der Waals surface area contributed by atoms with E-state index in [1.807, 2.05) is 6.07 Å². The van der Waals surface area contributed by atoms with Crippen LogP contribution in [0.15, 0.2) is 35.7 Å². The van der Waals surface area contributed by atoms with Crippen LogP contribution in [0.3, 0.4) is 0 Å². The number of aromatic nitrogens is 1. The van der Waals surface area contributed by atoms with Crippen molar-refractivity contribution in [3.8, 4) is 17.0 Å². The van der Waals surface area contributed by atoms with E-state index >= 15 is 0 Å². The van der Waals surface area contributed by atoms with E-state index in [1.54, 1.807) is 11.3 Å². The van der Waals surface area contributed by atoms with Gasteiger partial charge >= 0.3 is 5.97 Å². The third kappa shape index (κ3) is 5.50. The van der Waals surface area contributed by atoms with Gasteiger partial charge in [-0.2, -0.15) is 0 Å². The van der Waals surface area contributed by atoms with Crippen molar-refractivity contribution in [1.82, 2.24) is 9.88 Å². The highest BCUT2D eigenvalue weighted by molar-refractivity contribution is 7.10. The van der Waals surface area contributed by atoms with Crippen molar-refractivity contribution in [2.45, 2.75) is 103 Å². The van der Waals surface area contributed by atoms with Crippen molar-refractivity contribution >= 4 is 17.3 Å². The highest BCUT2D eigenvalue weighted by Crippen LogP contribution is 2.64. The molecule has 8 heteroatoms. The summed E-state index contributed by atoms with van der Waals surface area (Å²) in [6.45, 7) is 6.45. The number of carboxylic acid groups (broad SMARTS) is 1. The lowest BCUT2D eigenvalue weighted by molar-refractivity contribution is -0.144. The summed E-state index contributed by atoms with van der Waals surface area (Å²) in [6.07, 6.45) is 5.49. The minimum absolute atomic E-state index is 0.00779. The molecule has 5 nitrogen and oxygen atoms in total. The van der Waals surface area contributed by atoms with E-state index in [-0.39, 0.29) is 24.8 Å². The molecule has 2 aromatic carbocycles. The second kappa shape index (κ2) is 11.0. The zero-order valence-corrected chi connectivity index (χ0v) is 25.8. The molecule has 43 heavy (non-hydrogen) atoms. The number of nitrogens with zero attached hydrogens (tertiary/aromatic N) is 2. The molecule has 3 aromatic rings. The molecular weight excluding hydrogens is 566 g/mol. The van der Waals surface area contributed by atoms with Crippen LogP contribution < -0.4 is 4.74 Å². The molecule has 1 aliphatic heterocycles. The van der Waals surface area contributed by atoms with Gasteiger partial charge in [0.15, 0.2) is 0 Å². The Bertz CT molecular complexity index is 1540. The number of aryl methyl sites for hydroxylation is 2. The van der Waals surface area contributed by atoms with E-state index in [9.17, 15) is 18.7 Å². The summed E-state index contributed by atoms with van der Waals surface area (Å²) in [5.74, 6) is -1.64. The number of carbonyl (C=O) groups is 1. The molecule has 2 heterocycles. The number of benzene rings is 2. The van der Waals surface area contributed by atoms with Gasteiger partial charge in [0.05, 0.1) is 16.1 Å². The Labute approximate surface area is 256 Å². The van der Waals surface area contributed by atoms with Crippen molar-refractivity contribution in [3.05, 3.63) is 68.5 Å². The Morgan fingerprint density at radius 3 is 2.72 bits per heavy atom. The van der Waals surface area contributed by atoms with E-state index in [0.717, 1.165) is 78.3 Å². The Morgan fingerprint density at radius 2 is 1.95 bits per heavy atom. The lowest BCUT2D eigenvalue weighted by atomic mass is 9.82. The highest BCUT2D eigenvalue weighted by Gasteiger charge is 2.62. The van der Waals surface area contributed by atoms with E-state index in [0.29, 0.717) is 25.4 Å². The first-order chi connectivity index (χ1) is 20.6. The molecule has 3 saturated carbocycles. The first-order valence-corrected chi connectivity index (χ1v) is 16.6. The second-order valence-electron chi connectivity index (χ2n) is 13.5. The number of aliphatic carboxylic acids is 1. The molecule has 3 atom stereocenters. The predicted molar refractivity (Wildman–Crippen MR) is 164 cm³/mol. The minimum atomic E-state index is -2.49. The zero-order valence-electron chi connectivity index (χ0n) is 25.0. The number of fused-ring (bicyclic) bond motifs is 2. The van der Waals surface area contributed by atoms with Crippen LogP contribution in [0.1, 0.15) is 90.1 Å². The molecule has 0 amide bonds. The summed E-state index contributed by atoms with van der Waals surface area (Å²) in [5.41, 5.74) is 7.60. The van der Waals surface area contributed by atoms with Gasteiger partial charge in [0.1, 0.15) is 12.4 Å². The number of ether oxygens (including phenoxy) is 1. The number of alkyl halides is 2. The monoisotopic (exact) mass is 606 g/mol. The molecule has 1 aromatic heterocycles. The van der Waals surface area contributed by atoms with Gasteiger partial charge in [-0.3, -0.25) is 9.69 Å². The number of hydrogen-bond donors (Lipinski definition) is 1. The summed E-state index contributed by atoms with van der Waals surface area (Å²) in [7, 11) is 0. The fraction of sp³-hybridized carbons (Fsp3) is 0.543. The van der Waals surface area contributed by atoms with Crippen LogP contribution in [0, 0.1) is 25.2 Å². The van der Waals surface area contributed by atoms with Crippen molar-refractivity contribution < 1.29 is 23.4 Å². The van der Waals surface area contributed by atoms with Crippen LogP contribution in [0.2, 0.25) is 0 Å².